The minimum atomic E-state index is -5.08. The van der Waals surface area contributed by atoms with Gasteiger partial charge in [0.05, 0.1) is 4.90 Å². The van der Waals surface area contributed by atoms with Gasteiger partial charge in [0.15, 0.2) is 0 Å². The summed E-state index contributed by atoms with van der Waals surface area (Å²) in [5.74, 6) is -3.17. The molecular formula is C25H24F4N4O5S. The number of nitrogens with one attached hydrogen (secondary N) is 1. The van der Waals surface area contributed by atoms with E-state index < -0.39 is 33.9 Å². The quantitative estimate of drug-likeness (QED) is 0.441. The topological polar surface area (TPSA) is 130 Å². The Hall–Kier alpha value is -4.07. The standard InChI is InChI=1S/C23H23FN4O3S.C2HF3O2/c1-16-14-25-23(26-15-16)28-11-9-17(10-12-28)19-3-2-4-21(13-19)32(30,31)27-22(29)18-5-7-20(24)8-6-18;3-2(4,5)1(6)7/h2-8,13-15,17H,9-12H2,1H3,(H,27,29);(H,6,7). The molecule has 1 fully saturated rings. The van der Waals surface area contributed by atoms with Crippen molar-refractivity contribution in [3.05, 3.63) is 83.4 Å². The number of sulfonamides is 1. The number of rotatable bonds is 5. The molecule has 208 valence electrons. The van der Waals surface area contributed by atoms with Crippen LogP contribution in [0, 0.1) is 12.7 Å². The number of carbonyl (C=O) groups excluding carboxylic acids is 1. The van der Waals surface area contributed by atoms with E-state index in [-0.39, 0.29) is 16.4 Å². The minimum absolute atomic E-state index is 0.0229. The number of hydrogen-bond donors (Lipinski definition) is 2. The number of alkyl halides is 3. The van der Waals surface area contributed by atoms with E-state index in [1.807, 2.05) is 13.0 Å². The monoisotopic (exact) mass is 568 g/mol. The van der Waals surface area contributed by atoms with E-state index in [4.69, 9.17) is 9.90 Å². The number of aliphatic carboxylic acids is 1. The Balaban J connectivity index is 0.000000532. The van der Waals surface area contributed by atoms with Gasteiger partial charge in [-0.15, -0.1) is 0 Å². The number of amides is 1. The van der Waals surface area contributed by atoms with E-state index >= 15 is 0 Å². The molecular weight excluding hydrogens is 544 g/mol. The molecule has 1 amide bonds. The van der Waals surface area contributed by atoms with Gasteiger partial charge in [0.2, 0.25) is 5.95 Å². The van der Waals surface area contributed by atoms with Gasteiger partial charge < -0.3 is 10.0 Å². The van der Waals surface area contributed by atoms with Crippen LogP contribution in [0.4, 0.5) is 23.5 Å². The summed E-state index contributed by atoms with van der Waals surface area (Å²) in [5, 5.41) is 7.12. The highest BCUT2D eigenvalue weighted by atomic mass is 32.2. The number of piperidine rings is 1. The number of benzene rings is 2. The summed E-state index contributed by atoms with van der Waals surface area (Å²) < 4.78 is 72.3. The summed E-state index contributed by atoms with van der Waals surface area (Å²) in [5.41, 5.74) is 1.98. The van der Waals surface area contributed by atoms with Gasteiger partial charge in [0, 0.05) is 31.0 Å². The Kier molecular flexibility index (Phi) is 9.22. The molecule has 0 unspecified atom stereocenters. The second-order valence-corrected chi connectivity index (χ2v) is 10.3. The lowest BCUT2D eigenvalue weighted by atomic mass is 9.89. The molecule has 3 aromatic rings. The summed E-state index contributed by atoms with van der Waals surface area (Å²) in [4.78, 5) is 32.1. The predicted molar refractivity (Wildman–Crippen MR) is 132 cm³/mol. The van der Waals surface area contributed by atoms with Gasteiger partial charge in [-0.05, 0) is 73.2 Å². The van der Waals surface area contributed by atoms with Crippen molar-refractivity contribution >= 4 is 27.8 Å². The largest absolute Gasteiger partial charge is 0.490 e. The Labute approximate surface area is 221 Å². The SMILES string of the molecule is Cc1cnc(N2CCC(c3cccc(S(=O)(=O)NC(=O)c4ccc(F)cc4)c3)CC2)nc1.O=C(O)C(F)(F)F. The molecule has 0 atom stereocenters. The number of carboxylic acid groups (broad SMARTS) is 1. The minimum Gasteiger partial charge on any atom is -0.475 e. The van der Waals surface area contributed by atoms with Gasteiger partial charge in [-0.2, -0.15) is 13.2 Å². The molecule has 1 aliphatic rings. The first kappa shape index (κ1) is 29.5. The molecule has 1 aliphatic heterocycles. The van der Waals surface area contributed by atoms with Gasteiger partial charge in [-0.3, -0.25) is 4.79 Å². The zero-order valence-electron chi connectivity index (χ0n) is 20.5. The second kappa shape index (κ2) is 12.2. The van der Waals surface area contributed by atoms with Crippen molar-refractivity contribution < 1.29 is 40.7 Å². The van der Waals surface area contributed by atoms with E-state index in [0.29, 0.717) is 5.95 Å². The number of hydrogen-bond acceptors (Lipinski definition) is 7. The first-order valence-corrected chi connectivity index (χ1v) is 13.0. The van der Waals surface area contributed by atoms with Crippen LogP contribution in [0.2, 0.25) is 0 Å². The number of carboxylic acids is 1. The van der Waals surface area contributed by atoms with E-state index in [0.717, 1.165) is 49.2 Å². The van der Waals surface area contributed by atoms with E-state index in [9.17, 15) is 30.8 Å². The lowest BCUT2D eigenvalue weighted by Gasteiger charge is -2.32. The number of anilines is 1. The van der Waals surface area contributed by atoms with E-state index in [1.54, 1.807) is 24.5 Å². The van der Waals surface area contributed by atoms with Crippen molar-refractivity contribution in [2.75, 3.05) is 18.0 Å². The third-order valence-electron chi connectivity index (χ3n) is 5.76. The van der Waals surface area contributed by atoms with Crippen LogP contribution in [0.15, 0.2) is 65.8 Å². The molecule has 4 rings (SSSR count). The average molecular weight is 569 g/mol. The first-order chi connectivity index (χ1) is 18.3. The highest BCUT2D eigenvalue weighted by Gasteiger charge is 2.38. The molecule has 39 heavy (non-hydrogen) atoms. The zero-order chi connectivity index (χ0) is 28.8. The third-order valence-corrected chi connectivity index (χ3v) is 7.09. The molecule has 0 saturated carbocycles. The Morgan fingerprint density at radius 3 is 2.13 bits per heavy atom. The van der Waals surface area contributed by atoms with Crippen molar-refractivity contribution in [1.82, 2.24) is 14.7 Å². The number of nitrogens with zero attached hydrogens (tertiary/aromatic N) is 3. The summed E-state index contributed by atoms with van der Waals surface area (Å²) in [6.07, 6.45) is 0.178. The van der Waals surface area contributed by atoms with Crippen LogP contribution in [-0.4, -0.2) is 54.6 Å². The zero-order valence-corrected chi connectivity index (χ0v) is 21.3. The molecule has 2 heterocycles. The van der Waals surface area contributed by atoms with E-state index in [2.05, 4.69) is 19.6 Å². The summed E-state index contributed by atoms with van der Waals surface area (Å²) in [7, 11) is -4.06. The van der Waals surface area contributed by atoms with Gasteiger partial charge in [-0.25, -0.2) is 32.3 Å². The molecule has 0 radical (unpaired) electrons. The highest BCUT2D eigenvalue weighted by molar-refractivity contribution is 7.90. The fraction of sp³-hybridized carbons (Fsp3) is 0.280. The number of halogens is 4. The van der Waals surface area contributed by atoms with Gasteiger partial charge in [0.25, 0.3) is 15.9 Å². The van der Waals surface area contributed by atoms with Gasteiger partial charge in [-0.1, -0.05) is 12.1 Å². The average Bonchev–Trinajstić information content (AvgIpc) is 2.89. The molecule has 1 saturated heterocycles. The van der Waals surface area contributed by atoms with Crippen molar-refractivity contribution in [2.24, 2.45) is 0 Å². The maximum absolute atomic E-state index is 13.1. The normalized spacial score (nSPS) is 14.2. The lowest BCUT2D eigenvalue weighted by molar-refractivity contribution is -0.192. The van der Waals surface area contributed by atoms with E-state index in [1.165, 1.54) is 18.2 Å². The molecule has 2 N–H and O–H groups in total. The number of carbonyl (C=O) groups is 2. The van der Waals surface area contributed by atoms with Gasteiger partial charge >= 0.3 is 12.1 Å². The Morgan fingerprint density at radius 2 is 1.59 bits per heavy atom. The van der Waals surface area contributed by atoms with Crippen molar-refractivity contribution in [2.45, 2.75) is 36.8 Å². The van der Waals surface area contributed by atoms with Crippen molar-refractivity contribution in [3.8, 4) is 0 Å². The molecule has 0 aliphatic carbocycles. The predicted octanol–water partition coefficient (Wildman–Crippen LogP) is 4.06. The second-order valence-electron chi connectivity index (χ2n) is 8.64. The van der Waals surface area contributed by atoms with Crippen LogP contribution in [0.3, 0.4) is 0 Å². The van der Waals surface area contributed by atoms with Crippen LogP contribution in [0.5, 0.6) is 0 Å². The molecule has 0 bridgehead atoms. The van der Waals surface area contributed by atoms with Crippen LogP contribution in [0.1, 0.15) is 40.2 Å². The maximum atomic E-state index is 13.1. The molecule has 0 spiro atoms. The molecule has 14 heteroatoms. The summed E-state index contributed by atoms with van der Waals surface area (Å²) >= 11 is 0. The van der Waals surface area contributed by atoms with Crippen molar-refractivity contribution in [3.63, 3.8) is 0 Å². The lowest BCUT2D eigenvalue weighted by Crippen LogP contribution is -2.34. The molecule has 2 aromatic carbocycles. The van der Waals surface area contributed by atoms with Crippen LogP contribution < -0.4 is 9.62 Å². The van der Waals surface area contributed by atoms with Crippen molar-refractivity contribution in [1.29, 1.82) is 0 Å². The number of aryl methyl sites for hydroxylation is 1. The number of aromatic nitrogens is 2. The fourth-order valence-electron chi connectivity index (χ4n) is 3.74. The summed E-state index contributed by atoms with van der Waals surface area (Å²) in [6, 6.07) is 11.4. The third kappa shape index (κ3) is 8.21. The fourth-order valence-corrected chi connectivity index (χ4v) is 4.77. The van der Waals surface area contributed by atoms with Crippen LogP contribution in [0.25, 0.3) is 0 Å². The van der Waals surface area contributed by atoms with Gasteiger partial charge in [0.1, 0.15) is 5.82 Å². The molecule has 1 aromatic heterocycles. The summed E-state index contributed by atoms with van der Waals surface area (Å²) in [6.45, 7) is 3.48. The smallest absolute Gasteiger partial charge is 0.475 e. The van der Waals surface area contributed by atoms with Crippen LogP contribution >= 0.6 is 0 Å². The Morgan fingerprint density at radius 1 is 1.03 bits per heavy atom. The molecule has 9 nitrogen and oxygen atoms in total. The highest BCUT2D eigenvalue weighted by Crippen LogP contribution is 2.30. The van der Waals surface area contributed by atoms with Crippen LogP contribution in [-0.2, 0) is 14.8 Å². The maximum Gasteiger partial charge on any atom is 0.490 e. The first-order valence-electron chi connectivity index (χ1n) is 11.5. The Bertz CT molecular complexity index is 1410.